The summed E-state index contributed by atoms with van der Waals surface area (Å²) in [6, 6.07) is 51.7. The quantitative estimate of drug-likeness (QED) is 0.199. The standard InChI is InChI=1S/C43H27N/c1-2-9-28-26-42-37(21-19-27(28)8-1)36-12-5-6-15-41(36)44(42)32-20-18-29-24-31(17-16-30(29)25-32)33-22-23-40-35-11-4-3-10-34(35)39-14-7-13-38(33)43(39)40/h1-25H,26H2. The third-order valence-electron chi connectivity index (χ3n) is 9.80. The maximum atomic E-state index is 2.48. The minimum atomic E-state index is 0.902. The number of benzene rings is 7. The summed E-state index contributed by atoms with van der Waals surface area (Å²) >= 11 is 0. The minimum Gasteiger partial charge on any atom is -0.313 e. The van der Waals surface area contributed by atoms with Crippen LogP contribution >= 0.6 is 0 Å². The Hall–Kier alpha value is -5.66. The van der Waals surface area contributed by atoms with Gasteiger partial charge in [-0.1, -0.05) is 127 Å². The summed E-state index contributed by atoms with van der Waals surface area (Å²) < 4.78 is 2.48. The summed E-state index contributed by atoms with van der Waals surface area (Å²) in [5, 5.41) is 6.50. The predicted octanol–water partition coefficient (Wildman–Crippen LogP) is 11.3. The molecular formula is C43H27N. The molecule has 2 aliphatic rings. The van der Waals surface area contributed by atoms with Gasteiger partial charge in [0.1, 0.15) is 0 Å². The summed E-state index contributed by atoms with van der Waals surface area (Å²) in [7, 11) is 0. The van der Waals surface area contributed by atoms with E-state index < -0.39 is 0 Å². The van der Waals surface area contributed by atoms with Gasteiger partial charge in [-0.15, -0.1) is 0 Å². The Kier molecular flexibility index (Phi) is 4.84. The normalized spacial score (nSPS) is 12.8. The summed E-state index contributed by atoms with van der Waals surface area (Å²) in [6.07, 6.45) is 5.49. The Balaban J connectivity index is 1.12. The van der Waals surface area contributed by atoms with Gasteiger partial charge in [0, 0.05) is 28.8 Å². The molecule has 1 nitrogen and oxygen atoms in total. The molecule has 7 aromatic carbocycles. The lowest BCUT2D eigenvalue weighted by Gasteiger charge is -2.14. The van der Waals surface area contributed by atoms with Crippen molar-refractivity contribution in [1.82, 2.24) is 4.57 Å². The van der Waals surface area contributed by atoms with Crippen molar-refractivity contribution in [2.75, 3.05) is 0 Å². The molecule has 0 radical (unpaired) electrons. The molecule has 0 unspecified atom stereocenters. The van der Waals surface area contributed by atoms with E-state index in [0.29, 0.717) is 0 Å². The van der Waals surface area contributed by atoms with Gasteiger partial charge >= 0.3 is 0 Å². The van der Waals surface area contributed by atoms with E-state index in [0.717, 1.165) is 6.42 Å². The first-order chi connectivity index (χ1) is 21.8. The first-order valence-electron chi connectivity index (χ1n) is 15.4. The molecule has 0 N–H and O–H groups in total. The number of hydrogen-bond donors (Lipinski definition) is 0. The number of para-hydroxylation sites is 1. The second-order valence-electron chi connectivity index (χ2n) is 12.1. The molecular weight excluding hydrogens is 530 g/mol. The van der Waals surface area contributed by atoms with E-state index in [2.05, 4.69) is 156 Å². The van der Waals surface area contributed by atoms with Crippen molar-refractivity contribution in [3.63, 3.8) is 0 Å². The van der Waals surface area contributed by atoms with Crippen LogP contribution in [-0.2, 0) is 6.42 Å². The third kappa shape index (κ3) is 3.30. The molecule has 0 amide bonds. The van der Waals surface area contributed by atoms with Crippen LogP contribution in [0.2, 0.25) is 0 Å². The van der Waals surface area contributed by atoms with Gasteiger partial charge in [-0.25, -0.2) is 0 Å². The summed E-state index contributed by atoms with van der Waals surface area (Å²) in [5.74, 6) is 0. The van der Waals surface area contributed by atoms with Crippen LogP contribution in [0, 0.1) is 0 Å². The zero-order valence-corrected chi connectivity index (χ0v) is 24.1. The lowest BCUT2D eigenvalue weighted by atomic mass is 9.93. The smallest absolute Gasteiger partial charge is 0.0537 e. The topological polar surface area (TPSA) is 4.93 Å². The van der Waals surface area contributed by atoms with E-state index in [1.807, 2.05) is 0 Å². The fraction of sp³-hybridized carbons (Fsp3) is 0.0233. The van der Waals surface area contributed by atoms with E-state index >= 15 is 0 Å². The molecule has 0 bridgehead atoms. The van der Waals surface area contributed by atoms with E-state index in [9.17, 15) is 0 Å². The molecule has 2 aliphatic carbocycles. The van der Waals surface area contributed by atoms with Gasteiger partial charge in [0.2, 0.25) is 0 Å². The number of rotatable bonds is 2. The Morgan fingerprint density at radius 3 is 2.11 bits per heavy atom. The Bertz CT molecular complexity index is 2490. The van der Waals surface area contributed by atoms with Crippen molar-refractivity contribution in [1.29, 1.82) is 0 Å². The molecule has 1 aromatic heterocycles. The molecule has 44 heavy (non-hydrogen) atoms. The zero-order valence-electron chi connectivity index (χ0n) is 24.1. The lowest BCUT2D eigenvalue weighted by Crippen LogP contribution is -2.02. The first kappa shape index (κ1) is 23.9. The number of aromatic nitrogens is 1. The van der Waals surface area contributed by atoms with Crippen LogP contribution < -0.4 is 0 Å². The average molecular weight is 558 g/mol. The Morgan fingerprint density at radius 2 is 1.18 bits per heavy atom. The van der Waals surface area contributed by atoms with Crippen LogP contribution in [0.4, 0.5) is 0 Å². The average Bonchev–Trinajstić information content (AvgIpc) is 3.49. The van der Waals surface area contributed by atoms with Crippen LogP contribution in [0.5, 0.6) is 0 Å². The molecule has 10 rings (SSSR count). The minimum absolute atomic E-state index is 0.902. The summed E-state index contributed by atoms with van der Waals surface area (Å²) in [5.41, 5.74) is 15.7. The first-order valence-corrected chi connectivity index (χ1v) is 15.4. The second-order valence-corrected chi connectivity index (χ2v) is 12.1. The predicted molar refractivity (Wildman–Crippen MR) is 186 cm³/mol. The summed E-state index contributed by atoms with van der Waals surface area (Å²) in [6.45, 7) is 0. The molecule has 0 saturated carbocycles. The molecule has 0 fully saturated rings. The van der Waals surface area contributed by atoms with Crippen molar-refractivity contribution in [3.8, 4) is 39.1 Å². The van der Waals surface area contributed by atoms with E-state index in [1.165, 1.54) is 93.9 Å². The van der Waals surface area contributed by atoms with Crippen LogP contribution in [0.25, 0.3) is 83.7 Å². The van der Waals surface area contributed by atoms with Crippen LogP contribution in [-0.4, -0.2) is 4.57 Å². The highest BCUT2D eigenvalue weighted by atomic mass is 15.0. The van der Waals surface area contributed by atoms with Crippen LogP contribution in [0.1, 0.15) is 22.4 Å². The van der Waals surface area contributed by atoms with Gasteiger partial charge in [0.15, 0.2) is 0 Å². The van der Waals surface area contributed by atoms with E-state index in [-0.39, 0.29) is 0 Å². The fourth-order valence-corrected chi connectivity index (χ4v) is 7.78. The molecule has 0 aliphatic heterocycles. The molecule has 1 heteroatoms. The van der Waals surface area contributed by atoms with E-state index in [4.69, 9.17) is 0 Å². The van der Waals surface area contributed by atoms with Crippen molar-refractivity contribution in [2.24, 2.45) is 0 Å². The van der Waals surface area contributed by atoms with Crippen molar-refractivity contribution >= 4 is 44.6 Å². The largest absolute Gasteiger partial charge is 0.313 e. The lowest BCUT2D eigenvalue weighted by molar-refractivity contribution is 0.985. The maximum Gasteiger partial charge on any atom is 0.0537 e. The highest BCUT2D eigenvalue weighted by molar-refractivity contribution is 6.18. The van der Waals surface area contributed by atoms with Gasteiger partial charge in [0.05, 0.1) is 5.52 Å². The van der Waals surface area contributed by atoms with Gasteiger partial charge in [-0.2, -0.15) is 0 Å². The molecule has 1 heterocycles. The second kappa shape index (κ2) is 8.92. The van der Waals surface area contributed by atoms with Gasteiger partial charge in [-0.05, 0) is 90.3 Å². The number of hydrogen-bond acceptors (Lipinski definition) is 0. The van der Waals surface area contributed by atoms with Gasteiger partial charge in [0.25, 0.3) is 0 Å². The number of fused-ring (bicyclic) bond motifs is 8. The maximum absolute atomic E-state index is 2.48. The monoisotopic (exact) mass is 557 g/mol. The molecule has 204 valence electrons. The number of nitrogens with zero attached hydrogens (tertiary/aromatic N) is 1. The molecule has 8 aromatic rings. The van der Waals surface area contributed by atoms with Gasteiger partial charge in [-0.3, -0.25) is 0 Å². The Morgan fingerprint density at radius 1 is 0.477 bits per heavy atom. The highest BCUT2D eigenvalue weighted by Crippen LogP contribution is 2.49. The van der Waals surface area contributed by atoms with Crippen molar-refractivity contribution in [3.05, 3.63) is 162 Å². The summed E-state index contributed by atoms with van der Waals surface area (Å²) in [4.78, 5) is 0. The SMILES string of the molecule is C1=Cc2c(n(-c3ccc4cc(-c5ccc6c7c(cccc57)-c5ccccc5-6)ccc4c3)c3ccccc23)Cc2ccccc21. The third-order valence-corrected chi connectivity index (χ3v) is 9.80. The van der Waals surface area contributed by atoms with Crippen LogP contribution in [0.3, 0.4) is 0 Å². The van der Waals surface area contributed by atoms with Crippen molar-refractivity contribution < 1.29 is 0 Å². The van der Waals surface area contributed by atoms with Gasteiger partial charge < -0.3 is 4.57 Å². The molecule has 0 atom stereocenters. The van der Waals surface area contributed by atoms with Crippen LogP contribution in [0.15, 0.2) is 140 Å². The highest BCUT2D eigenvalue weighted by Gasteiger charge is 2.23. The fourth-order valence-electron chi connectivity index (χ4n) is 7.78. The van der Waals surface area contributed by atoms with E-state index in [1.54, 1.807) is 0 Å². The van der Waals surface area contributed by atoms with Crippen molar-refractivity contribution in [2.45, 2.75) is 6.42 Å². The Labute approximate surface area is 256 Å². The zero-order chi connectivity index (χ0) is 28.8. The molecule has 0 saturated heterocycles. The molecule has 0 spiro atoms.